The molecular formula is C18H18F3NO4S. The predicted octanol–water partition coefficient (Wildman–Crippen LogP) is 3.46. The van der Waals surface area contributed by atoms with E-state index in [0.29, 0.717) is 19.0 Å². The molecule has 9 heteroatoms. The topological polar surface area (TPSA) is 76.5 Å². The number of ether oxygens (including phenoxy) is 1. The normalized spacial score (nSPS) is 20.6. The predicted molar refractivity (Wildman–Crippen MR) is 92.1 cm³/mol. The van der Waals surface area contributed by atoms with Crippen LogP contribution in [0.1, 0.15) is 24.8 Å². The number of pyridine rings is 1. The standard InChI is InChI=1S/C18H18F3NO4S/c1-27(24,25)13-5-2-4-11(8-13)14-9-12(18(19,20)21)10-22-17(14)26-16-7-3-6-15(16)23/h2,4-5,8-10,15-16,23H,3,6-7H2,1H3. The summed E-state index contributed by atoms with van der Waals surface area (Å²) < 4.78 is 68.7. The lowest BCUT2D eigenvalue weighted by atomic mass is 10.0. The molecule has 5 nitrogen and oxygen atoms in total. The lowest BCUT2D eigenvalue weighted by Crippen LogP contribution is -2.26. The van der Waals surface area contributed by atoms with Crippen molar-refractivity contribution in [1.29, 1.82) is 0 Å². The maximum atomic E-state index is 13.1. The van der Waals surface area contributed by atoms with Crippen LogP contribution < -0.4 is 4.74 Å². The number of rotatable bonds is 4. The molecule has 1 heterocycles. The van der Waals surface area contributed by atoms with Crippen molar-refractivity contribution in [2.45, 2.75) is 42.5 Å². The second kappa shape index (κ2) is 7.12. The summed E-state index contributed by atoms with van der Waals surface area (Å²) in [4.78, 5) is 3.78. The second-order valence-electron chi connectivity index (χ2n) is 6.53. The Morgan fingerprint density at radius 2 is 1.96 bits per heavy atom. The first kappa shape index (κ1) is 19.6. The van der Waals surface area contributed by atoms with Gasteiger partial charge in [0.05, 0.1) is 16.6 Å². The quantitative estimate of drug-likeness (QED) is 0.849. The molecule has 1 fully saturated rings. The molecule has 0 radical (unpaired) electrons. The summed E-state index contributed by atoms with van der Waals surface area (Å²) >= 11 is 0. The first-order valence-corrected chi connectivity index (χ1v) is 10.2. The van der Waals surface area contributed by atoms with E-state index in [1.54, 1.807) is 0 Å². The minimum atomic E-state index is -4.61. The van der Waals surface area contributed by atoms with Gasteiger partial charge < -0.3 is 9.84 Å². The molecule has 146 valence electrons. The van der Waals surface area contributed by atoms with E-state index in [1.807, 2.05) is 0 Å². The van der Waals surface area contributed by atoms with Crippen LogP contribution in [0.25, 0.3) is 11.1 Å². The lowest BCUT2D eigenvalue weighted by Gasteiger charge is -2.20. The summed E-state index contributed by atoms with van der Waals surface area (Å²) in [7, 11) is -3.54. The Morgan fingerprint density at radius 3 is 2.56 bits per heavy atom. The van der Waals surface area contributed by atoms with Gasteiger partial charge in [-0.05, 0) is 43.0 Å². The second-order valence-corrected chi connectivity index (χ2v) is 8.54. The minimum absolute atomic E-state index is 0.0226. The van der Waals surface area contributed by atoms with E-state index < -0.39 is 33.8 Å². The highest BCUT2D eigenvalue weighted by atomic mass is 32.2. The van der Waals surface area contributed by atoms with Crippen molar-refractivity contribution in [3.8, 4) is 17.0 Å². The number of aliphatic hydroxyl groups is 1. The molecule has 3 rings (SSSR count). The Balaban J connectivity index is 2.10. The van der Waals surface area contributed by atoms with Crippen LogP contribution in [0.4, 0.5) is 13.2 Å². The van der Waals surface area contributed by atoms with Crippen LogP contribution in [-0.4, -0.2) is 37.0 Å². The monoisotopic (exact) mass is 401 g/mol. The van der Waals surface area contributed by atoms with Crippen molar-refractivity contribution in [2.24, 2.45) is 0 Å². The van der Waals surface area contributed by atoms with Gasteiger partial charge in [-0.15, -0.1) is 0 Å². The Kier molecular flexibility index (Phi) is 5.18. The summed E-state index contributed by atoms with van der Waals surface area (Å²) in [6.45, 7) is 0. The van der Waals surface area contributed by atoms with Gasteiger partial charge >= 0.3 is 6.18 Å². The third-order valence-corrected chi connectivity index (χ3v) is 5.54. The highest BCUT2D eigenvalue weighted by molar-refractivity contribution is 7.90. The average Bonchev–Trinajstić information content (AvgIpc) is 2.98. The molecule has 0 amide bonds. The molecule has 0 bridgehead atoms. The highest BCUT2D eigenvalue weighted by Crippen LogP contribution is 2.37. The van der Waals surface area contributed by atoms with Gasteiger partial charge in [0.25, 0.3) is 0 Å². The Bertz CT molecular complexity index is 944. The molecular weight excluding hydrogens is 383 g/mol. The third kappa shape index (κ3) is 4.41. The van der Waals surface area contributed by atoms with E-state index in [1.165, 1.54) is 24.3 Å². The van der Waals surface area contributed by atoms with Gasteiger partial charge in [0.15, 0.2) is 9.84 Å². The Labute approximate surface area is 154 Å². The zero-order valence-corrected chi connectivity index (χ0v) is 15.2. The molecule has 2 atom stereocenters. The number of halogens is 3. The van der Waals surface area contributed by atoms with Crippen LogP contribution in [0.2, 0.25) is 0 Å². The number of sulfone groups is 1. The van der Waals surface area contributed by atoms with Crippen LogP contribution in [0.15, 0.2) is 41.4 Å². The van der Waals surface area contributed by atoms with Crippen molar-refractivity contribution in [2.75, 3.05) is 6.26 Å². The van der Waals surface area contributed by atoms with Gasteiger partial charge in [-0.25, -0.2) is 13.4 Å². The van der Waals surface area contributed by atoms with Crippen molar-refractivity contribution in [3.63, 3.8) is 0 Å². The van der Waals surface area contributed by atoms with Crippen LogP contribution >= 0.6 is 0 Å². The van der Waals surface area contributed by atoms with E-state index in [-0.39, 0.29) is 21.9 Å². The molecule has 1 aromatic heterocycles. The van der Waals surface area contributed by atoms with Gasteiger partial charge in [-0.1, -0.05) is 12.1 Å². The van der Waals surface area contributed by atoms with Gasteiger partial charge in [0.2, 0.25) is 5.88 Å². The van der Waals surface area contributed by atoms with Crippen molar-refractivity contribution in [3.05, 3.63) is 42.1 Å². The zero-order chi connectivity index (χ0) is 19.8. The highest BCUT2D eigenvalue weighted by Gasteiger charge is 2.33. The summed E-state index contributed by atoms with van der Waals surface area (Å²) in [6.07, 6.45) is -2.36. The fourth-order valence-electron chi connectivity index (χ4n) is 2.99. The van der Waals surface area contributed by atoms with Gasteiger partial charge in [0.1, 0.15) is 6.10 Å². The maximum absolute atomic E-state index is 13.1. The smallest absolute Gasteiger partial charge is 0.417 e. The molecule has 0 saturated heterocycles. The summed E-state index contributed by atoms with van der Waals surface area (Å²) in [5, 5.41) is 9.93. The first-order valence-electron chi connectivity index (χ1n) is 8.28. The molecule has 2 aromatic rings. The zero-order valence-electron chi connectivity index (χ0n) is 14.4. The van der Waals surface area contributed by atoms with E-state index in [2.05, 4.69) is 4.98 Å². The fourth-order valence-corrected chi connectivity index (χ4v) is 3.66. The van der Waals surface area contributed by atoms with Crippen LogP contribution in [-0.2, 0) is 16.0 Å². The molecule has 27 heavy (non-hydrogen) atoms. The van der Waals surface area contributed by atoms with Gasteiger partial charge in [0, 0.05) is 18.0 Å². The third-order valence-electron chi connectivity index (χ3n) is 4.43. The van der Waals surface area contributed by atoms with Gasteiger partial charge in [-0.3, -0.25) is 0 Å². The minimum Gasteiger partial charge on any atom is -0.471 e. The number of alkyl halides is 3. The van der Waals surface area contributed by atoms with E-state index >= 15 is 0 Å². The summed E-state index contributed by atoms with van der Waals surface area (Å²) in [6, 6.07) is 6.46. The maximum Gasteiger partial charge on any atom is 0.417 e. The number of aliphatic hydroxyl groups excluding tert-OH is 1. The molecule has 1 aromatic carbocycles. The molecule has 0 aliphatic heterocycles. The number of aromatic nitrogens is 1. The van der Waals surface area contributed by atoms with E-state index in [9.17, 15) is 26.7 Å². The number of nitrogens with zero attached hydrogens (tertiary/aromatic N) is 1. The lowest BCUT2D eigenvalue weighted by molar-refractivity contribution is -0.137. The molecule has 1 saturated carbocycles. The molecule has 1 aliphatic carbocycles. The van der Waals surface area contributed by atoms with Crippen molar-refractivity contribution < 1.29 is 31.4 Å². The Morgan fingerprint density at radius 1 is 1.22 bits per heavy atom. The molecule has 0 spiro atoms. The fraction of sp³-hybridized carbons (Fsp3) is 0.389. The largest absolute Gasteiger partial charge is 0.471 e. The van der Waals surface area contributed by atoms with E-state index in [4.69, 9.17) is 4.74 Å². The van der Waals surface area contributed by atoms with E-state index in [0.717, 1.165) is 18.7 Å². The van der Waals surface area contributed by atoms with Crippen molar-refractivity contribution in [1.82, 2.24) is 4.98 Å². The average molecular weight is 401 g/mol. The summed E-state index contributed by atoms with van der Waals surface area (Å²) in [5.41, 5.74) is -0.713. The molecule has 2 unspecified atom stereocenters. The van der Waals surface area contributed by atoms with Crippen LogP contribution in [0.3, 0.4) is 0 Å². The van der Waals surface area contributed by atoms with Crippen LogP contribution in [0, 0.1) is 0 Å². The molecule has 1 N–H and O–H groups in total. The number of hydrogen-bond acceptors (Lipinski definition) is 5. The first-order chi connectivity index (χ1) is 12.6. The number of benzene rings is 1. The summed E-state index contributed by atoms with van der Waals surface area (Å²) in [5.74, 6) is -0.0698. The van der Waals surface area contributed by atoms with Crippen LogP contribution in [0.5, 0.6) is 5.88 Å². The van der Waals surface area contributed by atoms with Crippen molar-refractivity contribution >= 4 is 9.84 Å². The van der Waals surface area contributed by atoms with Gasteiger partial charge in [-0.2, -0.15) is 13.2 Å². The molecule has 1 aliphatic rings. The number of hydrogen-bond donors (Lipinski definition) is 1. The Hall–Kier alpha value is -2.13. The SMILES string of the molecule is CS(=O)(=O)c1cccc(-c2cc(C(F)(F)F)cnc2OC2CCCC2O)c1.